The highest BCUT2D eigenvalue weighted by atomic mass is 32.1. The molecule has 0 fully saturated rings. The Kier molecular flexibility index (Phi) is 3.93. The highest BCUT2D eigenvalue weighted by molar-refractivity contribution is 7.71. The Morgan fingerprint density at radius 3 is 2.10 bits per heavy atom. The van der Waals surface area contributed by atoms with Gasteiger partial charge in [-0.1, -0.05) is 57.3 Å². The minimum atomic E-state index is -4.55. The molecule has 2 aromatic rings. The number of hydrogen-bond acceptors (Lipinski definition) is 2. The van der Waals surface area contributed by atoms with Gasteiger partial charge in [-0.3, -0.25) is 0 Å². The first-order chi connectivity index (χ1) is 9.57. The Labute approximate surface area is 126 Å². The van der Waals surface area contributed by atoms with Crippen LogP contribution in [0.1, 0.15) is 32.2 Å². The van der Waals surface area contributed by atoms with Crippen molar-refractivity contribution in [1.82, 2.24) is 9.97 Å². The molecule has 0 saturated heterocycles. The Balaban J connectivity index is 2.48. The van der Waals surface area contributed by atoms with Crippen molar-refractivity contribution in [2.45, 2.75) is 32.4 Å². The summed E-state index contributed by atoms with van der Waals surface area (Å²) in [5, 5.41) is 0. The fourth-order valence-electron chi connectivity index (χ4n) is 1.90. The lowest BCUT2D eigenvalue weighted by Crippen LogP contribution is -2.12. The van der Waals surface area contributed by atoms with Crippen molar-refractivity contribution in [1.29, 1.82) is 0 Å². The number of halogens is 3. The Bertz CT molecular complexity index is 695. The second kappa shape index (κ2) is 5.26. The van der Waals surface area contributed by atoms with Crippen molar-refractivity contribution in [3.63, 3.8) is 0 Å². The van der Waals surface area contributed by atoms with E-state index in [1.54, 1.807) is 12.1 Å². The summed E-state index contributed by atoms with van der Waals surface area (Å²) in [5.74, 6) is -1.08. The molecule has 0 spiro atoms. The van der Waals surface area contributed by atoms with Crippen molar-refractivity contribution in [3.05, 3.63) is 46.4 Å². The summed E-state index contributed by atoms with van der Waals surface area (Å²) in [7, 11) is 0. The molecule has 1 N–H and O–H groups in total. The quantitative estimate of drug-likeness (QED) is 0.740. The number of nitrogens with one attached hydrogen (secondary N) is 1. The second-order valence-electron chi connectivity index (χ2n) is 5.81. The molecular weight excluding hydrogens is 297 g/mol. The number of alkyl halides is 3. The van der Waals surface area contributed by atoms with E-state index < -0.39 is 12.0 Å². The summed E-state index contributed by atoms with van der Waals surface area (Å²) in [5.41, 5.74) is 2.04. The van der Waals surface area contributed by atoms with Crippen molar-refractivity contribution >= 4 is 12.2 Å². The summed E-state index contributed by atoms with van der Waals surface area (Å²) in [4.78, 5) is 5.62. The molecule has 2 rings (SSSR count). The molecule has 6 heteroatoms. The van der Waals surface area contributed by atoms with Crippen LogP contribution in [0.2, 0.25) is 0 Å². The summed E-state index contributed by atoms with van der Waals surface area (Å²) in [6, 6.07) is 8.79. The van der Waals surface area contributed by atoms with Crippen LogP contribution >= 0.6 is 12.2 Å². The molecule has 0 aliphatic heterocycles. The molecule has 21 heavy (non-hydrogen) atoms. The van der Waals surface area contributed by atoms with Gasteiger partial charge >= 0.3 is 6.18 Å². The molecule has 0 amide bonds. The number of aromatic nitrogens is 2. The van der Waals surface area contributed by atoms with Gasteiger partial charge in [0.05, 0.1) is 0 Å². The lowest BCUT2D eigenvalue weighted by Gasteiger charge is -2.19. The van der Waals surface area contributed by atoms with Gasteiger partial charge < -0.3 is 4.98 Å². The molecule has 0 aliphatic rings. The van der Waals surface area contributed by atoms with Gasteiger partial charge in [0.25, 0.3) is 0 Å². The van der Waals surface area contributed by atoms with E-state index in [0.717, 1.165) is 5.56 Å². The van der Waals surface area contributed by atoms with Crippen molar-refractivity contribution in [3.8, 4) is 11.3 Å². The minimum absolute atomic E-state index is 0.0131. The van der Waals surface area contributed by atoms with Crippen LogP contribution in [0.3, 0.4) is 0 Å². The molecule has 1 aromatic carbocycles. The molecule has 1 aromatic heterocycles. The number of H-pyrrole nitrogens is 1. The van der Waals surface area contributed by atoms with E-state index in [1.165, 1.54) is 6.07 Å². The van der Waals surface area contributed by atoms with Crippen LogP contribution in [0, 0.1) is 4.64 Å². The second-order valence-corrected chi connectivity index (χ2v) is 6.23. The first-order valence-electron chi connectivity index (χ1n) is 6.37. The van der Waals surface area contributed by atoms with E-state index >= 15 is 0 Å². The van der Waals surface area contributed by atoms with E-state index in [0.29, 0.717) is 11.3 Å². The summed E-state index contributed by atoms with van der Waals surface area (Å²) < 4.78 is 38.1. The normalized spacial score (nSPS) is 12.5. The Morgan fingerprint density at radius 2 is 1.62 bits per heavy atom. The van der Waals surface area contributed by atoms with Gasteiger partial charge in [-0.25, -0.2) is 4.98 Å². The zero-order valence-corrected chi connectivity index (χ0v) is 12.7. The number of aromatic amines is 1. The monoisotopic (exact) mass is 312 g/mol. The fraction of sp³-hybridized carbons (Fsp3) is 0.333. The molecule has 0 radical (unpaired) electrons. The lowest BCUT2D eigenvalue weighted by molar-refractivity contribution is -0.144. The van der Waals surface area contributed by atoms with Crippen molar-refractivity contribution in [2.75, 3.05) is 0 Å². The fourth-order valence-corrected chi connectivity index (χ4v) is 2.11. The van der Waals surface area contributed by atoms with Crippen LogP contribution in [-0.4, -0.2) is 9.97 Å². The number of benzene rings is 1. The highest BCUT2D eigenvalue weighted by Crippen LogP contribution is 2.29. The van der Waals surface area contributed by atoms with Gasteiger partial charge in [0.15, 0.2) is 0 Å². The van der Waals surface area contributed by atoms with Crippen LogP contribution in [0.25, 0.3) is 11.3 Å². The number of hydrogen-bond donors (Lipinski definition) is 1. The van der Waals surface area contributed by atoms with Gasteiger partial charge in [0, 0.05) is 5.69 Å². The third kappa shape index (κ3) is 3.69. The topological polar surface area (TPSA) is 28.7 Å². The SMILES string of the molecule is CC(C)(C)c1ccc(-c2cc(=S)nc(C(F)(F)F)[nH]2)cc1. The van der Waals surface area contributed by atoms with Gasteiger partial charge in [-0.05, 0) is 22.6 Å². The van der Waals surface area contributed by atoms with Gasteiger partial charge in [-0.2, -0.15) is 13.2 Å². The molecule has 0 aliphatic carbocycles. The zero-order chi connectivity index (χ0) is 15.8. The molecule has 0 saturated carbocycles. The van der Waals surface area contributed by atoms with Gasteiger partial charge in [-0.15, -0.1) is 0 Å². The average molecular weight is 312 g/mol. The predicted octanol–water partition coefficient (Wildman–Crippen LogP) is 5.12. The molecular formula is C15H15F3N2S. The summed E-state index contributed by atoms with van der Waals surface area (Å²) in [6.07, 6.45) is -4.55. The smallest absolute Gasteiger partial charge is 0.336 e. The highest BCUT2D eigenvalue weighted by Gasteiger charge is 2.34. The first kappa shape index (κ1) is 15.7. The molecule has 0 bridgehead atoms. The van der Waals surface area contributed by atoms with Crippen LogP contribution in [0.5, 0.6) is 0 Å². The van der Waals surface area contributed by atoms with Crippen molar-refractivity contribution in [2.24, 2.45) is 0 Å². The maximum Gasteiger partial charge on any atom is 0.449 e. The third-order valence-electron chi connectivity index (χ3n) is 3.07. The maximum atomic E-state index is 12.7. The molecule has 112 valence electrons. The zero-order valence-electron chi connectivity index (χ0n) is 11.9. The molecule has 2 nitrogen and oxygen atoms in total. The average Bonchev–Trinajstić information content (AvgIpc) is 2.36. The third-order valence-corrected chi connectivity index (χ3v) is 3.28. The minimum Gasteiger partial charge on any atom is -0.336 e. The van der Waals surface area contributed by atoms with Gasteiger partial charge in [0.1, 0.15) is 4.64 Å². The Morgan fingerprint density at radius 1 is 1.05 bits per heavy atom. The van der Waals surface area contributed by atoms with E-state index in [4.69, 9.17) is 12.2 Å². The predicted molar refractivity (Wildman–Crippen MR) is 78.6 cm³/mol. The van der Waals surface area contributed by atoms with Crippen LogP contribution < -0.4 is 0 Å². The summed E-state index contributed by atoms with van der Waals surface area (Å²) >= 11 is 4.81. The molecule has 0 unspecified atom stereocenters. The largest absolute Gasteiger partial charge is 0.449 e. The van der Waals surface area contributed by atoms with Crippen molar-refractivity contribution < 1.29 is 13.2 Å². The molecule has 0 atom stereocenters. The van der Waals surface area contributed by atoms with Crippen LogP contribution in [0.15, 0.2) is 30.3 Å². The Hall–Kier alpha value is -1.69. The molecule has 1 heterocycles. The maximum absolute atomic E-state index is 12.7. The number of nitrogens with zero attached hydrogens (tertiary/aromatic N) is 1. The van der Waals surface area contributed by atoms with Gasteiger partial charge in [0.2, 0.25) is 5.82 Å². The van der Waals surface area contributed by atoms with E-state index in [9.17, 15) is 13.2 Å². The van der Waals surface area contributed by atoms with E-state index in [-0.39, 0.29) is 10.1 Å². The number of rotatable bonds is 1. The standard InChI is InChI=1S/C15H15F3N2S/c1-14(2,3)10-6-4-9(5-7-10)11-8-12(21)20-13(19-11)15(16,17)18/h4-8H,1-3H3,(H,19,20,21). The van der Waals surface area contributed by atoms with Crippen LogP contribution in [0.4, 0.5) is 13.2 Å². The van der Waals surface area contributed by atoms with E-state index in [1.807, 2.05) is 12.1 Å². The van der Waals surface area contributed by atoms with E-state index in [2.05, 4.69) is 30.7 Å². The first-order valence-corrected chi connectivity index (χ1v) is 6.78. The summed E-state index contributed by atoms with van der Waals surface area (Å²) in [6.45, 7) is 6.22. The van der Waals surface area contributed by atoms with Crippen LogP contribution in [-0.2, 0) is 11.6 Å². The lowest BCUT2D eigenvalue weighted by atomic mass is 9.86.